The number of benzene rings is 1. The van der Waals surface area contributed by atoms with Crippen molar-refractivity contribution in [3.63, 3.8) is 0 Å². The molecule has 1 saturated heterocycles. The molecule has 1 aliphatic rings. The van der Waals surface area contributed by atoms with E-state index in [1.54, 1.807) is 14.2 Å². The summed E-state index contributed by atoms with van der Waals surface area (Å²) < 4.78 is 10.6. The fraction of sp³-hybridized carbons (Fsp3) is 0.538. The summed E-state index contributed by atoms with van der Waals surface area (Å²) in [5.74, 6) is 0.970. The van der Waals surface area contributed by atoms with E-state index in [9.17, 15) is 0 Å². The first-order chi connectivity index (χ1) is 7.85. The molecule has 0 saturated carbocycles. The molecule has 0 bridgehead atoms. The molecule has 3 heteroatoms. The predicted molar refractivity (Wildman–Crippen MR) is 63.8 cm³/mol. The lowest BCUT2D eigenvalue weighted by atomic mass is 10.0. The third kappa shape index (κ3) is 2.36. The zero-order valence-corrected chi connectivity index (χ0v) is 9.90. The molecule has 1 heterocycles. The lowest BCUT2D eigenvalue weighted by Crippen LogP contribution is -2.28. The Morgan fingerprint density at radius 1 is 1.25 bits per heavy atom. The Balaban J connectivity index is 2.08. The minimum Gasteiger partial charge on any atom is -0.496 e. The Morgan fingerprint density at radius 3 is 2.81 bits per heavy atom. The van der Waals surface area contributed by atoms with Crippen molar-refractivity contribution in [3.05, 3.63) is 29.8 Å². The number of para-hydroxylation sites is 1. The molecule has 16 heavy (non-hydrogen) atoms. The van der Waals surface area contributed by atoms with Gasteiger partial charge in [0.25, 0.3) is 0 Å². The van der Waals surface area contributed by atoms with Crippen molar-refractivity contribution >= 4 is 0 Å². The fourth-order valence-corrected chi connectivity index (χ4v) is 2.35. The number of methoxy groups -OCH3 is 2. The minimum absolute atomic E-state index is 0.399. The SMILES string of the molecule is COCC1CCC(c2ccccc2OC)N1. The van der Waals surface area contributed by atoms with Crippen LogP contribution in [0.25, 0.3) is 0 Å². The van der Waals surface area contributed by atoms with Crippen LogP contribution in [0.4, 0.5) is 0 Å². The largest absolute Gasteiger partial charge is 0.496 e. The maximum absolute atomic E-state index is 5.38. The monoisotopic (exact) mass is 221 g/mol. The summed E-state index contributed by atoms with van der Waals surface area (Å²) in [5.41, 5.74) is 1.25. The van der Waals surface area contributed by atoms with Crippen molar-refractivity contribution in [2.24, 2.45) is 0 Å². The van der Waals surface area contributed by atoms with Crippen LogP contribution in [0.5, 0.6) is 5.75 Å². The first kappa shape index (κ1) is 11.4. The zero-order valence-electron chi connectivity index (χ0n) is 9.90. The van der Waals surface area contributed by atoms with E-state index in [0.717, 1.165) is 25.2 Å². The molecule has 1 aliphatic heterocycles. The molecule has 0 spiro atoms. The molecule has 2 unspecified atom stereocenters. The molecule has 3 nitrogen and oxygen atoms in total. The highest BCUT2D eigenvalue weighted by Crippen LogP contribution is 2.32. The maximum atomic E-state index is 5.38. The Hall–Kier alpha value is -1.06. The first-order valence-corrected chi connectivity index (χ1v) is 5.73. The van der Waals surface area contributed by atoms with Crippen molar-refractivity contribution in [3.8, 4) is 5.75 Å². The highest BCUT2D eigenvalue weighted by Gasteiger charge is 2.26. The standard InChI is InChI=1S/C13H19NO2/c1-15-9-10-7-8-12(14-10)11-5-3-4-6-13(11)16-2/h3-6,10,12,14H,7-9H2,1-2H3. The molecule has 1 aromatic carbocycles. The summed E-state index contributed by atoms with van der Waals surface area (Å²) in [6.07, 6.45) is 2.31. The lowest BCUT2D eigenvalue weighted by molar-refractivity contribution is 0.171. The fourth-order valence-electron chi connectivity index (χ4n) is 2.35. The van der Waals surface area contributed by atoms with Gasteiger partial charge in [0.15, 0.2) is 0 Å². The van der Waals surface area contributed by atoms with Crippen LogP contribution >= 0.6 is 0 Å². The molecular formula is C13H19NO2. The van der Waals surface area contributed by atoms with Crippen LogP contribution in [0, 0.1) is 0 Å². The Labute approximate surface area is 96.8 Å². The van der Waals surface area contributed by atoms with E-state index in [-0.39, 0.29) is 0 Å². The maximum Gasteiger partial charge on any atom is 0.123 e. The molecule has 0 radical (unpaired) electrons. The van der Waals surface area contributed by atoms with E-state index < -0.39 is 0 Å². The molecule has 1 fully saturated rings. The van der Waals surface area contributed by atoms with Crippen molar-refractivity contribution in [2.75, 3.05) is 20.8 Å². The van der Waals surface area contributed by atoms with Gasteiger partial charge in [-0.25, -0.2) is 0 Å². The van der Waals surface area contributed by atoms with Gasteiger partial charge in [0.2, 0.25) is 0 Å². The van der Waals surface area contributed by atoms with Crippen molar-refractivity contribution < 1.29 is 9.47 Å². The summed E-state index contributed by atoms with van der Waals surface area (Å²) in [4.78, 5) is 0. The average Bonchev–Trinajstić information content (AvgIpc) is 2.78. The van der Waals surface area contributed by atoms with E-state index in [2.05, 4.69) is 17.4 Å². The third-order valence-electron chi connectivity index (χ3n) is 3.12. The van der Waals surface area contributed by atoms with Crippen LogP contribution in [-0.4, -0.2) is 26.9 Å². The van der Waals surface area contributed by atoms with E-state index >= 15 is 0 Å². The second kappa shape index (κ2) is 5.32. The number of ether oxygens (including phenoxy) is 2. The second-order valence-electron chi connectivity index (χ2n) is 4.19. The van der Waals surface area contributed by atoms with Crippen LogP contribution in [0.3, 0.4) is 0 Å². The van der Waals surface area contributed by atoms with Crippen LogP contribution in [-0.2, 0) is 4.74 Å². The van der Waals surface area contributed by atoms with Gasteiger partial charge in [-0.3, -0.25) is 0 Å². The van der Waals surface area contributed by atoms with Gasteiger partial charge < -0.3 is 14.8 Å². The number of hydrogen-bond acceptors (Lipinski definition) is 3. The van der Waals surface area contributed by atoms with Gasteiger partial charge in [-0.1, -0.05) is 18.2 Å². The molecule has 1 aromatic rings. The number of nitrogens with one attached hydrogen (secondary N) is 1. The molecule has 0 amide bonds. The van der Waals surface area contributed by atoms with Crippen molar-refractivity contribution in [1.29, 1.82) is 0 Å². The molecule has 88 valence electrons. The Morgan fingerprint density at radius 2 is 2.06 bits per heavy atom. The zero-order chi connectivity index (χ0) is 11.4. The number of hydrogen-bond donors (Lipinski definition) is 1. The second-order valence-corrected chi connectivity index (χ2v) is 4.19. The summed E-state index contributed by atoms with van der Waals surface area (Å²) in [7, 11) is 3.47. The topological polar surface area (TPSA) is 30.5 Å². The molecule has 2 rings (SSSR count). The van der Waals surface area contributed by atoms with Gasteiger partial charge in [0, 0.05) is 24.8 Å². The van der Waals surface area contributed by atoms with Crippen molar-refractivity contribution in [2.45, 2.75) is 24.9 Å². The van der Waals surface area contributed by atoms with Gasteiger partial charge >= 0.3 is 0 Å². The molecule has 0 aliphatic carbocycles. The smallest absolute Gasteiger partial charge is 0.123 e. The Kier molecular flexibility index (Phi) is 3.80. The molecular weight excluding hydrogens is 202 g/mol. The predicted octanol–water partition coefficient (Wildman–Crippen LogP) is 2.13. The summed E-state index contributed by atoms with van der Waals surface area (Å²) in [6, 6.07) is 9.08. The van der Waals surface area contributed by atoms with E-state index in [1.807, 2.05) is 12.1 Å². The van der Waals surface area contributed by atoms with Crippen LogP contribution in [0.2, 0.25) is 0 Å². The normalized spacial score (nSPS) is 24.6. The average molecular weight is 221 g/mol. The van der Waals surface area contributed by atoms with E-state index in [1.165, 1.54) is 5.56 Å². The highest BCUT2D eigenvalue weighted by atomic mass is 16.5. The summed E-state index contributed by atoms with van der Waals surface area (Å²) in [5, 5.41) is 3.58. The van der Waals surface area contributed by atoms with Gasteiger partial charge in [0.1, 0.15) is 5.75 Å². The summed E-state index contributed by atoms with van der Waals surface area (Å²) >= 11 is 0. The molecule has 1 N–H and O–H groups in total. The minimum atomic E-state index is 0.399. The first-order valence-electron chi connectivity index (χ1n) is 5.73. The van der Waals surface area contributed by atoms with Gasteiger partial charge in [-0.15, -0.1) is 0 Å². The number of rotatable bonds is 4. The van der Waals surface area contributed by atoms with E-state index in [4.69, 9.17) is 9.47 Å². The quantitative estimate of drug-likeness (QED) is 0.845. The third-order valence-corrected chi connectivity index (χ3v) is 3.12. The van der Waals surface area contributed by atoms with Gasteiger partial charge in [0.05, 0.1) is 13.7 Å². The molecule has 0 aromatic heterocycles. The van der Waals surface area contributed by atoms with Gasteiger partial charge in [-0.05, 0) is 18.9 Å². The van der Waals surface area contributed by atoms with E-state index in [0.29, 0.717) is 12.1 Å². The molecule has 2 atom stereocenters. The van der Waals surface area contributed by atoms with Crippen LogP contribution in [0.15, 0.2) is 24.3 Å². The highest BCUT2D eigenvalue weighted by molar-refractivity contribution is 5.36. The van der Waals surface area contributed by atoms with Crippen LogP contribution in [0.1, 0.15) is 24.4 Å². The van der Waals surface area contributed by atoms with Crippen LogP contribution < -0.4 is 10.1 Å². The summed E-state index contributed by atoms with van der Waals surface area (Å²) in [6.45, 7) is 0.783. The lowest BCUT2D eigenvalue weighted by Gasteiger charge is -2.16. The Bertz CT molecular complexity index is 340. The van der Waals surface area contributed by atoms with Crippen molar-refractivity contribution in [1.82, 2.24) is 5.32 Å². The van der Waals surface area contributed by atoms with Gasteiger partial charge in [-0.2, -0.15) is 0 Å².